The lowest BCUT2D eigenvalue weighted by molar-refractivity contribution is -0.387. The monoisotopic (exact) mass is 422 g/mol. The van der Waals surface area contributed by atoms with Gasteiger partial charge in [0.1, 0.15) is 5.75 Å². The average Bonchev–Trinajstić information content (AvgIpc) is 2.56. The maximum Gasteiger partial charge on any atom is 0.305 e. The van der Waals surface area contributed by atoms with Crippen LogP contribution in [0.4, 0.5) is 20.2 Å². The maximum atomic E-state index is 12.8. The lowest BCUT2D eigenvalue weighted by atomic mass is 10.2. The summed E-state index contributed by atoms with van der Waals surface area (Å²) in [6, 6.07) is 6.47. The van der Waals surface area contributed by atoms with E-state index in [9.17, 15) is 29.0 Å². The number of nitro benzene ring substituents is 2. The SMILES string of the molecule is CO.O=[N+]([O-])c1ccc(CBr)cc1F.O=[N+]([O-])c1ccc(O)cc1F. The standard InChI is InChI=1S/C7H5BrFNO2.C6H4FNO3.CH4O/c8-4-5-1-2-7(10(11)12)6(9)3-5;7-5-3-4(9)1-2-6(5)8(10)11;1-2/h1-3H,4H2;1-3,9H;2H,1H3. The summed E-state index contributed by atoms with van der Waals surface area (Å²) in [7, 11) is 1.00. The Balaban J connectivity index is 0.000000421. The fourth-order valence-electron chi connectivity index (χ4n) is 1.43. The first-order valence-corrected chi connectivity index (χ1v) is 7.44. The lowest BCUT2D eigenvalue weighted by Crippen LogP contribution is -1.92. The first kappa shape index (κ1) is 22.3. The number of nitro groups is 2. The molecule has 0 aliphatic rings. The second-order valence-corrected chi connectivity index (χ2v) is 4.63. The minimum Gasteiger partial charge on any atom is -0.508 e. The largest absolute Gasteiger partial charge is 0.508 e. The molecule has 0 saturated carbocycles. The number of benzene rings is 2. The summed E-state index contributed by atoms with van der Waals surface area (Å²) >= 11 is 3.12. The number of aliphatic hydroxyl groups is 1. The minimum absolute atomic E-state index is 0.326. The summed E-state index contributed by atoms with van der Waals surface area (Å²) in [5, 5.41) is 36.3. The van der Waals surface area contributed by atoms with E-state index < -0.39 is 32.9 Å². The van der Waals surface area contributed by atoms with E-state index in [0.717, 1.165) is 31.4 Å². The van der Waals surface area contributed by atoms with Crippen LogP contribution < -0.4 is 0 Å². The second-order valence-electron chi connectivity index (χ2n) is 4.07. The Morgan fingerprint density at radius 3 is 1.76 bits per heavy atom. The number of hydrogen-bond donors (Lipinski definition) is 2. The molecule has 0 atom stereocenters. The zero-order valence-electron chi connectivity index (χ0n) is 12.7. The highest BCUT2D eigenvalue weighted by atomic mass is 79.9. The highest BCUT2D eigenvalue weighted by molar-refractivity contribution is 9.08. The van der Waals surface area contributed by atoms with Gasteiger partial charge in [0.2, 0.25) is 11.6 Å². The van der Waals surface area contributed by atoms with Crippen molar-refractivity contribution in [2.75, 3.05) is 7.11 Å². The molecule has 0 aliphatic carbocycles. The van der Waals surface area contributed by atoms with E-state index in [0.29, 0.717) is 17.0 Å². The van der Waals surface area contributed by atoms with Gasteiger partial charge in [-0.05, 0) is 17.7 Å². The van der Waals surface area contributed by atoms with Crippen LogP contribution in [-0.4, -0.2) is 27.2 Å². The van der Waals surface area contributed by atoms with Gasteiger partial charge < -0.3 is 10.2 Å². The topological polar surface area (TPSA) is 127 Å². The quantitative estimate of drug-likeness (QED) is 0.441. The number of phenols is 1. The van der Waals surface area contributed by atoms with Crippen molar-refractivity contribution in [2.24, 2.45) is 0 Å². The fourth-order valence-corrected chi connectivity index (χ4v) is 1.77. The second kappa shape index (κ2) is 11.0. The van der Waals surface area contributed by atoms with Crippen molar-refractivity contribution in [1.29, 1.82) is 0 Å². The van der Waals surface area contributed by atoms with Gasteiger partial charge >= 0.3 is 11.4 Å². The molecule has 25 heavy (non-hydrogen) atoms. The molecule has 2 aromatic rings. The highest BCUT2D eigenvalue weighted by Gasteiger charge is 2.13. The van der Waals surface area contributed by atoms with Crippen molar-refractivity contribution in [1.82, 2.24) is 0 Å². The Labute approximate surface area is 148 Å². The molecule has 11 heteroatoms. The predicted molar refractivity (Wildman–Crippen MR) is 88.5 cm³/mol. The molecule has 0 fully saturated rings. The number of aliphatic hydroxyl groups excluding tert-OH is 1. The third-order valence-electron chi connectivity index (χ3n) is 2.49. The van der Waals surface area contributed by atoms with Crippen LogP contribution in [-0.2, 0) is 5.33 Å². The van der Waals surface area contributed by atoms with Gasteiger partial charge in [0, 0.05) is 30.6 Å². The molecule has 0 aliphatic heterocycles. The molecule has 136 valence electrons. The third kappa shape index (κ3) is 7.18. The predicted octanol–water partition coefficient (Wildman–Crippen LogP) is 3.68. The van der Waals surface area contributed by atoms with Gasteiger partial charge in [0.05, 0.1) is 9.85 Å². The molecular formula is C14H13BrF2N2O6. The first-order valence-electron chi connectivity index (χ1n) is 6.32. The summed E-state index contributed by atoms with van der Waals surface area (Å²) in [4.78, 5) is 18.6. The van der Waals surface area contributed by atoms with E-state index in [1.54, 1.807) is 0 Å². The molecule has 0 heterocycles. The Kier molecular flexibility index (Phi) is 9.82. The normalized spacial score (nSPS) is 9.16. The maximum absolute atomic E-state index is 12.8. The summed E-state index contributed by atoms with van der Waals surface area (Å²) in [5.41, 5.74) is -0.444. The number of rotatable bonds is 3. The summed E-state index contributed by atoms with van der Waals surface area (Å²) in [5.74, 6) is -2.15. The smallest absolute Gasteiger partial charge is 0.305 e. The minimum atomic E-state index is -1.03. The van der Waals surface area contributed by atoms with Crippen LogP contribution >= 0.6 is 15.9 Å². The molecule has 8 nitrogen and oxygen atoms in total. The van der Waals surface area contributed by atoms with E-state index >= 15 is 0 Å². The van der Waals surface area contributed by atoms with E-state index in [1.807, 2.05) is 0 Å². The summed E-state index contributed by atoms with van der Waals surface area (Å²) < 4.78 is 25.3. The van der Waals surface area contributed by atoms with Gasteiger partial charge in [-0.3, -0.25) is 20.2 Å². The van der Waals surface area contributed by atoms with Crippen LogP contribution in [0.5, 0.6) is 5.75 Å². The highest BCUT2D eigenvalue weighted by Crippen LogP contribution is 2.21. The van der Waals surface area contributed by atoms with E-state index in [-0.39, 0.29) is 5.75 Å². The number of phenolic OH excluding ortho intramolecular Hbond substituents is 1. The van der Waals surface area contributed by atoms with E-state index in [1.165, 1.54) is 6.07 Å². The number of alkyl halides is 1. The molecule has 2 N–H and O–H groups in total. The van der Waals surface area contributed by atoms with Crippen LogP contribution in [0.2, 0.25) is 0 Å². The fraction of sp³-hybridized carbons (Fsp3) is 0.143. The summed E-state index contributed by atoms with van der Waals surface area (Å²) in [6.45, 7) is 0. The average molecular weight is 423 g/mol. The van der Waals surface area contributed by atoms with Crippen molar-refractivity contribution >= 4 is 27.3 Å². The van der Waals surface area contributed by atoms with Gasteiger partial charge in [-0.2, -0.15) is 8.78 Å². The molecule has 0 bridgehead atoms. The van der Waals surface area contributed by atoms with Gasteiger partial charge in [-0.1, -0.05) is 22.0 Å². The molecule has 0 radical (unpaired) electrons. The van der Waals surface area contributed by atoms with Crippen LogP contribution in [0.3, 0.4) is 0 Å². The Bertz CT molecular complexity index is 745. The third-order valence-corrected chi connectivity index (χ3v) is 3.14. The molecule has 0 saturated heterocycles. The molecule has 2 rings (SSSR count). The Morgan fingerprint density at radius 2 is 1.40 bits per heavy atom. The van der Waals surface area contributed by atoms with Crippen LogP contribution in [0.15, 0.2) is 36.4 Å². The van der Waals surface area contributed by atoms with Crippen molar-refractivity contribution in [3.8, 4) is 5.75 Å². The molecule has 0 unspecified atom stereocenters. The van der Waals surface area contributed by atoms with Crippen molar-refractivity contribution in [3.63, 3.8) is 0 Å². The van der Waals surface area contributed by atoms with Gasteiger partial charge in [-0.15, -0.1) is 0 Å². The van der Waals surface area contributed by atoms with E-state index in [2.05, 4.69) is 15.9 Å². The Hall–Kier alpha value is -2.66. The molecule has 0 spiro atoms. The van der Waals surface area contributed by atoms with E-state index in [4.69, 9.17) is 10.2 Å². The number of hydrogen-bond acceptors (Lipinski definition) is 6. The number of nitrogens with zero attached hydrogens (tertiary/aromatic N) is 2. The zero-order valence-corrected chi connectivity index (χ0v) is 14.3. The van der Waals surface area contributed by atoms with Crippen LogP contribution in [0, 0.1) is 31.9 Å². The molecular weight excluding hydrogens is 410 g/mol. The number of aromatic hydroxyl groups is 1. The van der Waals surface area contributed by atoms with Crippen molar-refractivity contribution in [3.05, 3.63) is 73.8 Å². The molecule has 0 aromatic heterocycles. The van der Waals surface area contributed by atoms with Gasteiger partial charge in [0.15, 0.2) is 0 Å². The van der Waals surface area contributed by atoms with Gasteiger partial charge in [-0.25, -0.2) is 0 Å². The Morgan fingerprint density at radius 1 is 0.960 bits per heavy atom. The lowest BCUT2D eigenvalue weighted by Gasteiger charge is -1.95. The van der Waals surface area contributed by atoms with Crippen LogP contribution in [0.1, 0.15) is 5.56 Å². The zero-order chi connectivity index (χ0) is 19.6. The summed E-state index contributed by atoms with van der Waals surface area (Å²) in [6.07, 6.45) is 0. The number of halogens is 3. The van der Waals surface area contributed by atoms with Crippen molar-refractivity contribution < 1.29 is 28.8 Å². The van der Waals surface area contributed by atoms with Crippen molar-refractivity contribution in [2.45, 2.75) is 5.33 Å². The molecule has 0 amide bonds. The molecule has 2 aromatic carbocycles. The van der Waals surface area contributed by atoms with Gasteiger partial charge in [0.25, 0.3) is 0 Å². The first-order chi connectivity index (χ1) is 11.8. The van der Waals surface area contributed by atoms with Crippen LogP contribution in [0.25, 0.3) is 0 Å².